The van der Waals surface area contributed by atoms with Crippen molar-refractivity contribution < 1.29 is 14.6 Å². The summed E-state index contributed by atoms with van der Waals surface area (Å²) >= 11 is 0. The van der Waals surface area contributed by atoms with Crippen molar-refractivity contribution in [3.63, 3.8) is 0 Å². The molecule has 2 N–H and O–H groups in total. The number of carbonyl (C=O) groups excluding carboxylic acids is 1. The number of nitrogens with one attached hydrogen (secondary N) is 1. The fourth-order valence-corrected chi connectivity index (χ4v) is 2.43. The van der Waals surface area contributed by atoms with E-state index in [0.29, 0.717) is 13.0 Å². The Balaban J connectivity index is 1.72. The molecule has 0 saturated heterocycles. The maximum absolute atomic E-state index is 11.8. The van der Waals surface area contributed by atoms with Gasteiger partial charge in [0.05, 0.1) is 13.0 Å². The SMILES string of the molecule is Cc1cccc(OCCC(=O)N[C@@H]2C=C[C@H](CO)C2)c1C. The minimum atomic E-state index is -0.0199. The minimum absolute atomic E-state index is 0.0199. The van der Waals surface area contributed by atoms with Crippen LogP contribution in [0.15, 0.2) is 30.4 Å². The van der Waals surface area contributed by atoms with Crippen LogP contribution in [0.2, 0.25) is 0 Å². The van der Waals surface area contributed by atoms with Gasteiger partial charge >= 0.3 is 0 Å². The minimum Gasteiger partial charge on any atom is -0.493 e. The first-order chi connectivity index (χ1) is 10.1. The van der Waals surface area contributed by atoms with Gasteiger partial charge in [0.25, 0.3) is 0 Å². The highest BCUT2D eigenvalue weighted by atomic mass is 16.5. The van der Waals surface area contributed by atoms with Crippen LogP contribution < -0.4 is 10.1 Å². The normalized spacial score (nSPS) is 20.5. The number of rotatable bonds is 6. The number of carbonyl (C=O) groups is 1. The number of hydrogen-bond donors (Lipinski definition) is 2. The van der Waals surface area contributed by atoms with Crippen LogP contribution in [0.1, 0.15) is 24.0 Å². The molecule has 21 heavy (non-hydrogen) atoms. The van der Waals surface area contributed by atoms with Crippen LogP contribution in [0.4, 0.5) is 0 Å². The monoisotopic (exact) mass is 289 g/mol. The second kappa shape index (κ2) is 7.27. The topological polar surface area (TPSA) is 58.6 Å². The van der Waals surface area contributed by atoms with E-state index in [1.54, 1.807) is 0 Å². The molecular formula is C17H23NO3. The van der Waals surface area contributed by atoms with Crippen molar-refractivity contribution in [2.45, 2.75) is 32.7 Å². The molecule has 1 aromatic carbocycles. The van der Waals surface area contributed by atoms with E-state index in [1.807, 2.05) is 44.2 Å². The molecule has 1 aromatic rings. The lowest BCUT2D eigenvalue weighted by atomic mass is 10.1. The van der Waals surface area contributed by atoms with E-state index in [9.17, 15) is 4.79 Å². The Morgan fingerprint density at radius 2 is 2.19 bits per heavy atom. The van der Waals surface area contributed by atoms with E-state index >= 15 is 0 Å². The highest BCUT2D eigenvalue weighted by Gasteiger charge is 2.19. The van der Waals surface area contributed by atoms with Crippen LogP contribution in [0.25, 0.3) is 0 Å². The molecule has 0 aliphatic heterocycles. The molecule has 0 radical (unpaired) electrons. The molecule has 2 atom stereocenters. The average molecular weight is 289 g/mol. The van der Waals surface area contributed by atoms with E-state index in [-0.39, 0.29) is 24.5 Å². The molecule has 2 rings (SSSR count). The molecule has 0 heterocycles. The zero-order chi connectivity index (χ0) is 15.2. The number of aliphatic hydroxyl groups is 1. The van der Waals surface area contributed by atoms with E-state index in [0.717, 1.165) is 17.7 Å². The molecule has 0 aromatic heterocycles. The summed E-state index contributed by atoms with van der Waals surface area (Å²) in [6.07, 6.45) is 5.02. The van der Waals surface area contributed by atoms with Gasteiger partial charge in [0.15, 0.2) is 0 Å². The van der Waals surface area contributed by atoms with Crippen LogP contribution in [0.5, 0.6) is 5.75 Å². The quantitative estimate of drug-likeness (QED) is 0.789. The van der Waals surface area contributed by atoms with Gasteiger partial charge in [0, 0.05) is 18.6 Å². The zero-order valence-electron chi connectivity index (χ0n) is 12.6. The highest BCUT2D eigenvalue weighted by molar-refractivity contribution is 5.76. The Kier molecular flexibility index (Phi) is 5.39. The van der Waals surface area contributed by atoms with Crippen molar-refractivity contribution >= 4 is 5.91 Å². The third-order valence-electron chi connectivity index (χ3n) is 3.89. The fraction of sp³-hybridized carbons (Fsp3) is 0.471. The van der Waals surface area contributed by atoms with Crippen molar-refractivity contribution in [2.75, 3.05) is 13.2 Å². The number of ether oxygens (including phenoxy) is 1. The lowest BCUT2D eigenvalue weighted by molar-refractivity contribution is -0.122. The largest absolute Gasteiger partial charge is 0.493 e. The van der Waals surface area contributed by atoms with Crippen LogP contribution >= 0.6 is 0 Å². The Labute approximate surface area is 125 Å². The Morgan fingerprint density at radius 3 is 2.90 bits per heavy atom. The van der Waals surface area contributed by atoms with E-state index in [2.05, 4.69) is 5.32 Å². The summed E-state index contributed by atoms with van der Waals surface area (Å²) < 4.78 is 5.68. The molecule has 4 heteroatoms. The van der Waals surface area contributed by atoms with Gasteiger partial charge in [-0.2, -0.15) is 0 Å². The van der Waals surface area contributed by atoms with Gasteiger partial charge in [0.1, 0.15) is 5.75 Å². The molecule has 0 unspecified atom stereocenters. The van der Waals surface area contributed by atoms with Gasteiger partial charge in [-0.3, -0.25) is 4.79 Å². The van der Waals surface area contributed by atoms with Crippen molar-refractivity contribution in [1.29, 1.82) is 0 Å². The Bertz CT molecular complexity index is 525. The molecule has 0 bridgehead atoms. The first kappa shape index (κ1) is 15.6. The summed E-state index contributed by atoms with van der Waals surface area (Å²) in [6.45, 7) is 4.57. The van der Waals surface area contributed by atoms with Crippen molar-refractivity contribution in [2.24, 2.45) is 5.92 Å². The van der Waals surface area contributed by atoms with E-state index < -0.39 is 0 Å². The van der Waals surface area contributed by atoms with Gasteiger partial charge in [-0.1, -0.05) is 24.3 Å². The van der Waals surface area contributed by atoms with Gasteiger partial charge < -0.3 is 15.2 Å². The molecule has 0 spiro atoms. The molecule has 4 nitrogen and oxygen atoms in total. The van der Waals surface area contributed by atoms with E-state index in [4.69, 9.17) is 9.84 Å². The second-order valence-corrected chi connectivity index (χ2v) is 5.53. The zero-order valence-corrected chi connectivity index (χ0v) is 12.6. The molecule has 1 aliphatic rings. The maximum Gasteiger partial charge on any atom is 0.223 e. The van der Waals surface area contributed by atoms with Crippen molar-refractivity contribution in [3.8, 4) is 5.75 Å². The second-order valence-electron chi connectivity index (χ2n) is 5.53. The number of amides is 1. The predicted molar refractivity (Wildman–Crippen MR) is 82.3 cm³/mol. The molecule has 1 amide bonds. The standard InChI is InChI=1S/C17H23NO3/c1-12-4-3-5-16(13(12)2)21-9-8-17(20)18-15-7-6-14(10-15)11-19/h3-7,14-15,19H,8-11H2,1-2H3,(H,18,20)/t14-,15+/m0/s1. The van der Waals surface area contributed by atoms with Crippen LogP contribution in [-0.2, 0) is 4.79 Å². The van der Waals surface area contributed by atoms with Crippen LogP contribution in [0.3, 0.4) is 0 Å². The number of aryl methyl sites for hydroxylation is 1. The summed E-state index contributed by atoms with van der Waals surface area (Å²) in [5.41, 5.74) is 2.30. The van der Waals surface area contributed by atoms with Crippen LogP contribution in [-0.4, -0.2) is 30.3 Å². The first-order valence-electron chi connectivity index (χ1n) is 7.37. The molecule has 0 fully saturated rings. The molecule has 1 aliphatic carbocycles. The Hall–Kier alpha value is -1.81. The molecule has 0 saturated carbocycles. The summed E-state index contributed by atoms with van der Waals surface area (Å²) in [4.78, 5) is 11.8. The van der Waals surface area contributed by atoms with Gasteiger partial charge in [-0.05, 0) is 37.5 Å². The van der Waals surface area contributed by atoms with Gasteiger partial charge in [-0.25, -0.2) is 0 Å². The highest BCUT2D eigenvalue weighted by Crippen LogP contribution is 2.20. The predicted octanol–water partition coefficient (Wildman–Crippen LogP) is 2.13. The average Bonchev–Trinajstić information content (AvgIpc) is 2.91. The first-order valence-corrected chi connectivity index (χ1v) is 7.37. The number of hydrogen-bond acceptors (Lipinski definition) is 3. The maximum atomic E-state index is 11.8. The third-order valence-corrected chi connectivity index (χ3v) is 3.89. The van der Waals surface area contributed by atoms with E-state index in [1.165, 1.54) is 5.56 Å². The van der Waals surface area contributed by atoms with Gasteiger partial charge in [0.2, 0.25) is 5.91 Å². The van der Waals surface area contributed by atoms with Crippen LogP contribution in [0, 0.1) is 19.8 Å². The summed E-state index contributed by atoms with van der Waals surface area (Å²) in [6, 6.07) is 5.95. The lowest BCUT2D eigenvalue weighted by Gasteiger charge is -2.14. The van der Waals surface area contributed by atoms with Gasteiger partial charge in [-0.15, -0.1) is 0 Å². The number of aliphatic hydroxyl groups excluding tert-OH is 1. The van der Waals surface area contributed by atoms with Crippen molar-refractivity contribution in [1.82, 2.24) is 5.32 Å². The molecular weight excluding hydrogens is 266 g/mol. The Morgan fingerprint density at radius 1 is 1.38 bits per heavy atom. The van der Waals surface area contributed by atoms with Crippen molar-refractivity contribution in [3.05, 3.63) is 41.5 Å². The number of benzene rings is 1. The third kappa shape index (κ3) is 4.33. The summed E-state index contributed by atoms with van der Waals surface area (Å²) in [7, 11) is 0. The smallest absolute Gasteiger partial charge is 0.223 e. The summed E-state index contributed by atoms with van der Waals surface area (Å²) in [5, 5.41) is 12.0. The molecule has 114 valence electrons. The lowest BCUT2D eigenvalue weighted by Crippen LogP contribution is -2.33. The fourth-order valence-electron chi connectivity index (χ4n) is 2.43. The summed E-state index contributed by atoms with van der Waals surface area (Å²) in [5.74, 6) is 0.985.